The van der Waals surface area contributed by atoms with Crippen molar-refractivity contribution in [1.82, 2.24) is 14.9 Å². The van der Waals surface area contributed by atoms with Gasteiger partial charge in [-0.2, -0.15) is 0 Å². The topological polar surface area (TPSA) is 69.2 Å². The molecule has 1 aromatic heterocycles. The monoisotopic (exact) mass is 357 g/mol. The summed E-state index contributed by atoms with van der Waals surface area (Å²) >= 11 is 0. The Morgan fingerprint density at radius 2 is 2.04 bits per heavy atom. The molecule has 2 fully saturated rings. The predicted molar refractivity (Wildman–Crippen MR) is 96.1 cm³/mol. The molecule has 2 aliphatic rings. The van der Waals surface area contributed by atoms with Crippen molar-refractivity contribution in [2.75, 3.05) is 13.1 Å². The van der Waals surface area contributed by atoms with Gasteiger partial charge in [-0.1, -0.05) is 6.42 Å². The number of imidazole rings is 1. The summed E-state index contributed by atoms with van der Waals surface area (Å²) < 4.78 is 13.1. The number of nitrogens with one attached hydrogen (secondary N) is 1. The van der Waals surface area contributed by atoms with Crippen molar-refractivity contribution in [3.8, 4) is 11.4 Å². The smallest absolute Gasteiger partial charge is 0.274 e. The minimum absolute atomic E-state index is 0.0923. The Hall–Kier alpha value is -2.21. The summed E-state index contributed by atoms with van der Waals surface area (Å²) in [6.45, 7) is 3.13. The average molecular weight is 357 g/mol. The van der Waals surface area contributed by atoms with Crippen LogP contribution in [-0.2, 0) is 0 Å². The van der Waals surface area contributed by atoms with Crippen LogP contribution in [0.15, 0.2) is 24.3 Å². The third kappa shape index (κ3) is 2.92. The first-order valence-electron chi connectivity index (χ1n) is 9.28. The van der Waals surface area contributed by atoms with Gasteiger partial charge in [-0.05, 0) is 56.9 Å². The van der Waals surface area contributed by atoms with Crippen molar-refractivity contribution in [1.29, 1.82) is 0 Å². The lowest BCUT2D eigenvalue weighted by molar-refractivity contribution is -0.00555. The normalized spacial score (nSPS) is 25.8. The van der Waals surface area contributed by atoms with Crippen LogP contribution in [0, 0.1) is 18.2 Å². The first kappa shape index (κ1) is 17.2. The van der Waals surface area contributed by atoms with Crippen LogP contribution in [0.2, 0.25) is 0 Å². The summed E-state index contributed by atoms with van der Waals surface area (Å²) in [5, 5.41) is 10.4. The van der Waals surface area contributed by atoms with E-state index in [1.54, 1.807) is 12.1 Å². The molecular formula is C20H24FN3O2. The Morgan fingerprint density at radius 1 is 1.31 bits per heavy atom. The summed E-state index contributed by atoms with van der Waals surface area (Å²) in [6, 6.07) is 6.05. The summed E-state index contributed by atoms with van der Waals surface area (Å²) in [6.07, 6.45) is 4.43. The molecule has 2 heterocycles. The average Bonchev–Trinajstić information content (AvgIpc) is 3.18. The van der Waals surface area contributed by atoms with Gasteiger partial charge in [-0.15, -0.1) is 0 Å². The zero-order chi connectivity index (χ0) is 18.3. The van der Waals surface area contributed by atoms with Crippen LogP contribution in [-0.4, -0.2) is 45.1 Å². The molecule has 6 heteroatoms. The number of aliphatic hydroxyl groups is 1. The quantitative estimate of drug-likeness (QED) is 0.866. The summed E-state index contributed by atoms with van der Waals surface area (Å²) in [7, 11) is 0. The number of hydrogen-bond donors (Lipinski definition) is 2. The van der Waals surface area contributed by atoms with Crippen molar-refractivity contribution >= 4 is 5.91 Å². The molecule has 1 aromatic carbocycles. The number of halogens is 1. The van der Waals surface area contributed by atoms with Crippen molar-refractivity contribution < 1.29 is 14.3 Å². The molecule has 0 bridgehead atoms. The molecule has 0 radical (unpaired) electrons. The number of hydrogen-bond acceptors (Lipinski definition) is 3. The van der Waals surface area contributed by atoms with E-state index in [4.69, 9.17) is 0 Å². The molecule has 138 valence electrons. The van der Waals surface area contributed by atoms with E-state index in [0.717, 1.165) is 37.7 Å². The van der Waals surface area contributed by atoms with E-state index in [0.29, 0.717) is 30.3 Å². The second-order valence-electron chi connectivity index (χ2n) is 7.67. The highest BCUT2D eigenvalue weighted by atomic mass is 19.1. The molecule has 1 amide bonds. The van der Waals surface area contributed by atoms with Crippen molar-refractivity contribution in [3.05, 3.63) is 41.5 Å². The number of nitrogens with zero attached hydrogens (tertiary/aromatic N) is 2. The lowest BCUT2D eigenvalue weighted by atomic mass is 9.76. The molecule has 5 nitrogen and oxygen atoms in total. The maximum Gasteiger partial charge on any atom is 0.274 e. The molecule has 4 rings (SSSR count). The van der Waals surface area contributed by atoms with Crippen LogP contribution in [0.25, 0.3) is 11.4 Å². The highest BCUT2D eigenvalue weighted by Crippen LogP contribution is 2.45. The minimum atomic E-state index is -0.312. The van der Waals surface area contributed by atoms with Crippen LogP contribution in [0.1, 0.15) is 48.3 Å². The largest absolute Gasteiger partial charge is 0.392 e. The molecule has 26 heavy (non-hydrogen) atoms. The standard InChI is InChI=1S/C20H24FN3O2/c1-13-17(23-18(22-13)14-5-7-15(21)8-6-14)19(26)24-11-3-10-20(12-24)9-2-4-16(20)25/h5-8,16,25H,2-4,9-12H2,1H3,(H,22,23)/t16-,20-/m1/s1. The number of aliphatic hydroxyl groups excluding tert-OH is 1. The van der Waals surface area contributed by atoms with E-state index in [2.05, 4.69) is 9.97 Å². The number of benzene rings is 1. The van der Waals surface area contributed by atoms with Crippen molar-refractivity contribution in [3.63, 3.8) is 0 Å². The van der Waals surface area contributed by atoms with E-state index in [1.807, 2.05) is 11.8 Å². The van der Waals surface area contributed by atoms with Gasteiger partial charge in [0.15, 0.2) is 0 Å². The lowest BCUT2D eigenvalue weighted by Gasteiger charge is -2.42. The van der Waals surface area contributed by atoms with Crippen molar-refractivity contribution in [2.45, 2.75) is 45.1 Å². The summed E-state index contributed by atoms with van der Waals surface area (Å²) in [4.78, 5) is 22.5. The van der Waals surface area contributed by atoms with Gasteiger partial charge in [0.2, 0.25) is 0 Å². The van der Waals surface area contributed by atoms with E-state index in [1.165, 1.54) is 12.1 Å². The lowest BCUT2D eigenvalue weighted by Crippen LogP contribution is -2.49. The fourth-order valence-electron chi connectivity index (χ4n) is 4.49. The van der Waals surface area contributed by atoms with Gasteiger partial charge in [0.05, 0.1) is 6.10 Å². The SMILES string of the molecule is Cc1[nH]c(-c2ccc(F)cc2)nc1C(=O)N1CCC[C@]2(CCC[C@H]2O)C1. The van der Waals surface area contributed by atoms with E-state index >= 15 is 0 Å². The van der Waals surface area contributed by atoms with Crippen LogP contribution >= 0.6 is 0 Å². The second kappa shape index (κ2) is 6.50. The number of amides is 1. The van der Waals surface area contributed by atoms with Crippen LogP contribution < -0.4 is 0 Å². The number of rotatable bonds is 2. The number of aryl methyl sites for hydroxylation is 1. The zero-order valence-corrected chi connectivity index (χ0v) is 15.0. The number of aromatic amines is 1. The molecule has 2 N–H and O–H groups in total. The van der Waals surface area contributed by atoms with Crippen LogP contribution in [0.4, 0.5) is 4.39 Å². The van der Waals surface area contributed by atoms with Gasteiger partial charge < -0.3 is 15.0 Å². The van der Waals surface area contributed by atoms with Crippen LogP contribution in [0.5, 0.6) is 0 Å². The maximum atomic E-state index is 13.1. The summed E-state index contributed by atoms with van der Waals surface area (Å²) in [5.74, 6) is 0.172. The maximum absolute atomic E-state index is 13.1. The predicted octanol–water partition coefficient (Wildman–Crippen LogP) is 3.29. The Kier molecular flexibility index (Phi) is 4.31. The number of piperidine rings is 1. The van der Waals surface area contributed by atoms with Gasteiger partial charge >= 0.3 is 0 Å². The third-order valence-corrected chi connectivity index (χ3v) is 5.96. The number of carbonyl (C=O) groups is 1. The molecule has 1 aliphatic carbocycles. The Bertz CT molecular complexity index is 817. The molecule has 1 aliphatic heterocycles. The Morgan fingerprint density at radius 3 is 2.73 bits per heavy atom. The second-order valence-corrected chi connectivity index (χ2v) is 7.67. The van der Waals surface area contributed by atoms with Gasteiger partial charge in [-0.25, -0.2) is 9.37 Å². The highest BCUT2D eigenvalue weighted by Gasteiger charge is 2.46. The van der Waals surface area contributed by atoms with Gasteiger partial charge in [0, 0.05) is 29.8 Å². The molecule has 2 aromatic rings. The molecular weight excluding hydrogens is 333 g/mol. The van der Waals surface area contributed by atoms with E-state index in [-0.39, 0.29) is 23.2 Å². The van der Waals surface area contributed by atoms with Crippen molar-refractivity contribution in [2.24, 2.45) is 5.41 Å². The first-order valence-corrected chi connectivity index (χ1v) is 9.28. The number of aromatic nitrogens is 2. The third-order valence-electron chi connectivity index (χ3n) is 5.96. The zero-order valence-electron chi connectivity index (χ0n) is 15.0. The molecule has 2 atom stereocenters. The van der Waals surface area contributed by atoms with Gasteiger partial charge in [0.1, 0.15) is 17.3 Å². The van der Waals surface area contributed by atoms with Gasteiger partial charge in [0.25, 0.3) is 5.91 Å². The molecule has 1 saturated carbocycles. The van der Waals surface area contributed by atoms with Crippen LogP contribution in [0.3, 0.4) is 0 Å². The number of carbonyl (C=O) groups excluding carboxylic acids is 1. The first-order chi connectivity index (χ1) is 12.5. The molecule has 1 saturated heterocycles. The molecule has 1 spiro atoms. The van der Waals surface area contributed by atoms with E-state index in [9.17, 15) is 14.3 Å². The Labute approximate surface area is 152 Å². The number of H-pyrrole nitrogens is 1. The Balaban J connectivity index is 1.57. The summed E-state index contributed by atoms with van der Waals surface area (Å²) in [5.41, 5.74) is 1.72. The minimum Gasteiger partial charge on any atom is -0.392 e. The fourth-order valence-corrected chi connectivity index (χ4v) is 4.49. The fraction of sp³-hybridized carbons (Fsp3) is 0.500. The highest BCUT2D eigenvalue weighted by molar-refractivity contribution is 5.94. The molecule has 0 unspecified atom stereocenters. The number of likely N-dealkylation sites (tertiary alicyclic amines) is 1. The van der Waals surface area contributed by atoms with E-state index < -0.39 is 0 Å². The van der Waals surface area contributed by atoms with Gasteiger partial charge in [-0.3, -0.25) is 4.79 Å².